The highest BCUT2D eigenvalue weighted by atomic mass is 35.5. The molecule has 1 aromatic carbocycles. The number of sulfonamides is 1. The van der Waals surface area contributed by atoms with Gasteiger partial charge in [-0.05, 0) is 29.1 Å². The fraction of sp³-hybridized carbons (Fsp3) is 0.231. The Morgan fingerprint density at radius 3 is 2.60 bits per heavy atom. The highest BCUT2D eigenvalue weighted by Gasteiger charge is 2.17. The molecule has 7 heteroatoms. The van der Waals surface area contributed by atoms with Crippen molar-refractivity contribution in [2.45, 2.75) is 12.8 Å². The minimum Gasteiger partial charge on any atom is -0.267 e. The molecule has 1 aromatic heterocycles. The number of halogens is 1. The predicted molar refractivity (Wildman–Crippen MR) is 79.3 cm³/mol. The lowest BCUT2D eigenvalue weighted by Crippen LogP contribution is -2.21. The summed E-state index contributed by atoms with van der Waals surface area (Å²) < 4.78 is 26.6. The molecule has 1 N–H and O–H groups in total. The standard InChI is InChI=1S/C13H14ClN3O2S/c1-10(11-5-3-2-4-6-11)9-20(18,19)17-12-7-8-15-13(14)16-12/h2-8,10H,9H2,1H3,(H,15,16,17). The molecule has 20 heavy (non-hydrogen) atoms. The van der Waals surface area contributed by atoms with Crippen LogP contribution in [0.4, 0.5) is 5.82 Å². The van der Waals surface area contributed by atoms with E-state index in [1.807, 2.05) is 37.3 Å². The lowest BCUT2D eigenvalue weighted by molar-refractivity contribution is 0.595. The van der Waals surface area contributed by atoms with E-state index in [0.717, 1.165) is 5.56 Å². The Hall–Kier alpha value is -1.66. The van der Waals surface area contributed by atoms with E-state index in [0.29, 0.717) is 0 Å². The molecule has 2 aromatic rings. The molecule has 5 nitrogen and oxygen atoms in total. The molecule has 0 aliphatic carbocycles. The Morgan fingerprint density at radius 2 is 1.95 bits per heavy atom. The van der Waals surface area contributed by atoms with E-state index < -0.39 is 10.0 Å². The van der Waals surface area contributed by atoms with Crippen molar-refractivity contribution in [2.75, 3.05) is 10.5 Å². The van der Waals surface area contributed by atoms with Crippen molar-refractivity contribution < 1.29 is 8.42 Å². The largest absolute Gasteiger partial charge is 0.267 e. The SMILES string of the molecule is CC(CS(=O)(=O)Nc1ccnc(Cl)n1)c1ccccc1. The first-order valence-corrected chi connectivity index (χ1v) is 8.03. The molecule has 0 radical (unpaired) electrons. The van der Waals surface area contributed by atoms with Crippen LogP contribution in [0.1, 0.15) is 18.4 Å². The molecule has 0 saturated carbocycles. The van der Waals surface area contributed by atoms with Gasteiger partial charge in [-0.25, -0.2) is 13.4 Å². The van der Waals surface area contributed by atoms with Crippen molar-refractivity contribution in [2.24, 2.45) is 0 Å². The molecule has 0 aliphatic heterocycles. The van der Waals surface area contributed by atoms with Gasteiger partial charge in [0.2, 0.25) is 15.3 Å². The second kappa shape index (κ2) is 6.19. The fourth-order valence-corrected chi connectivity index (χ4v) is 3.31. The summed E-state index contributed by atoms with van der Waals surface area (Å²) in [6.45, 7) is 1.86. The van der Waals surface area contributed by atoms with Crippen LogP contribution < -0.4 is 4.72 Å². The maximum atomic E-state index is 12.1. The Balaban J connectivity index is 2.08. The average Bonchev–Trinajstić information content (AvgIpc) is 2.38. The molecular weight excluding hydrogens is 298 g/mol. The van der Waals surface area contributed by atoms with Gasteiger partial charge in [0.05, 0.1) is 5.75 Å². The summed E-state index contributed by atoms with van der Waals surface area (Å²) in [6, 6.07) is 10.9. The van der Waals surface area contributed by atoms with E-state index in [2.05, 4.69) is 14.7 Å². The van der Waals surface area contributed by atoms with E-state index in [1.165, 1.54) is 12.3 Å². The lowest BCUT2D eigenvalue weighted by Gasteiger charge is -2.13. The van der Waals surface area contributed by atoms with Gasteiger partial charge in [-0.3, -0.25) is 4.72 Å². The van der Waals surface area contributed by atoms with Crippen molar-refractivity contribution in [3.05, 3.63) is 53.4 Å². The summed E-state index contributed by atoms with van der Waals surface area (Å²) in [5, 5.41) is 0.00121. The molecule has 0 amide bonds. The molecule has 106 valence electrons. The van der Waals surface area contributed by atoms with Gasteiger partial charge in [0.1, 0.15) is 5.82 Å². The van der Waals surface area contributed by atoms with E-state index in [1.54, 1.807) is 0 Å². The van der Waals surface area contributed by atoms with Crippen LogP contribution in [-0.2, 0) is 10.0 Å². The molecule has 0 spiro atoms. The van der Waals surface area contributed by atoms with Crippen LogP contribution in [0.3, 0.4) is 0 Å². The van der Waals surface area contributed by atoms with Crippen LogP contribution >= 0.6 is 11.6 Å². The number of aromatic nitrogens is 2. The number of nitrogens with one attached hydrogen (secondary N) is 1. The normalized spacial score (nSPS) is 12.9. The van der Waals surface area contributed by atoms with Gasteiger partial charge >= 0.3 is 0 Å². The van der Waals surface area contributed by atoms with Crippen LogP contribution in [0, 0.1) is 0 Å². The van der Waals surface area contributed by atoms with E-state index in [-0.39, 0.29) is 22.8 Å². The summed E-state index contributed by atoms with van der Waals surface area (Å²) in [5.41, 5.74) is 0.971. The van der Waals surface area contributed by atoms with Crippen LogP contribution in [0.15, 0.2) is 42.6 Å². The molecular formula is C13H14ClN3O2S. The van der Waals surface area contributed by atoms with Gasteiger partial charge in [0.15, 0.2) is 0 Å². The van der Waals surface area contributed by atoms with Crippen LogP contribution in [0.25, 0.3) is 0 Å². The highest BCUT2D eigenvalue weighted by Crippen LogP contribution is 2.18. The van der Waals surface area contributed by atoms with Crippen molar-refractivity contribution in [1.82, 2.24) is 9.97 Å². The zero-order chi connectivity index (χ0) is 14.6. The molecule has 2 rings (SSSR count). The number of benzene rings is 1. The first kappa shape index (κ1) is 14.7. The summed E-state index contributed by atoms with van der Waals surface area (Å²) in [5.74, 6) is 0.0230. The molecule has 0 bridgehead atoms. The van der Waals surface area contributed by atoms with Gasteiger partial charge in [-0.1, -0.05) is 37.3 Å². The van der Waals surface area contributed by atoms with Crippen LogP contribution in [-0.4, -0.2) is 24.1 Å². The van der Waals surface area contributed by atoms with Gasteiger partial charge in [-0.2, -0.15) is 4.98 Å². The molecule has 0 fully saturated rings. The third-order valence-electron chi connectivity index (χ3n) is 2.72. The highest BCUT2D eigenvalue weighted by molar-refractivity contribution is 7.92. The van der Waals surface area contributed by atoms with E-state index in [9.17, 15) is 8.42 Å². The number of anilines is 1. The Labute approximate surface area is 123 Å². The number of rotatable bonds is 5. The summed E-state index contributed by atoms with van der Waals surface area (Å²) >= 11 is 5.62. The molecule has 1 heterocycles. The van der Waals surface area contributed by atoms with Gasteiger partial charge in [0.25, 0.3) is 0 Å². The summed E-state index contributed by atoms with van der Waals surface area (Å²) in [7, 11) is -3.50. The molecule has 0 aliphatic rings. The van der Waals surface area contributed by atoms with Crippen LogP contribution in [0.5, 0.6) is 0 Å². The lowest BCUT2D eigenvalue weighted by atomic mass is 10.0. The second-order valence-electron chi connectivity index (χ2n) is 4.41. The van der Waals surface area contributed by atoms with E-state index in [4.69, 9.17) is 11.6 Å². The third kappa shape index (κ3) is 4.18. The quantitative estimate of drug-likeness (QED) is 0.862. The average molecular weight is 312 g/mol. The minimum absolute atomic E-state index is 0.00121. The number of hydrogen-bond donors (Lipinski definition) is 1. The van der Waals surface area contributed by atoms with Crippen molar-refractivity contribution in [1.29, 1.82) is 0 Å². The number of hydrogen-bond acceptors (Lipinski definition) is 4. The van der Waals surface area contributed by atoms with Crippen molar-refractivity contribution >= 4 is 27.4 Å². The first-order chi connectivity index (χ1) is 9.46. The molecule has 1 unspecified atom stereocenters. The Bertz CT molecular complexity index is 677. The van der Waals surface area contributed by atoms with Crippen LogP contribution in [0.2, 0.25) is 5.28 Å². The molecule has 0 saturated heterocycles. The van der Waals surface area contributed by atoms with Gasteiger partial charge in [0, 0.05) is 6.20 Å². The fourth-order valence-electron chi connectivity index (χ4n) is 1.80. The second-order valence-corrected chi connectivity index (χ2v) is 6.51. The third-order valence-corrected chi connectivity index (χ3v) is 4.37. The maximum Gasteiger partial charge on any atom is 0.234 e. The monoisotopic (exact) mass is 311 g/mol. The van der Waals surface area contributed by atoms with Gasteiger partial charge in [-0.15, -0.1) is 0 Å². The Morgan fingerprint density at radius 1 is 1.25 bits per heavy atom. The minimum atomic E-state index is -3.50. The van der Waals surface area contributed by atoms with Gasteiger partial charge < -0.3 is 0 Å². The van der Waals surface area contributed by atoms with E-state index >= 15 is 0 Å². The smallest absolute Gasteiger partial charge is 0.234 e. The summed E-state index contributed by atoms with van der Waals surface area (Å²) in [6.07, 6.45) is 1.40. The number of nitrogens with zero attached hydrogens (tertiary/aromatic N) is 2. The maximum absolute atomic E-state index is 12.1. The molecule has 1 atom stereocenters. The van der Waals surface area contributed by atoms with Crippen molar-refractivity contribution in [3.8, 4) is 0 Å². The Kier molecular flexibility index (Phi) is 4.57. The topological polar surface area (TPSA) is 72.0 Å². The summed E-state index contributed by atoms with van der Waals surface area (Å²) in [4.78, 5) is 7.50. The first-order valence-electron chi connectivity index (χ1n) is 6.00. The van der Waals surface area contributed by atoms with Crippen molar-refractivity contribution in [3.63, 3.8) is 0 Å². The predicted octanol–water partition coefficient (Wildman–Crippen LogP) is 2.68. The zero-order valence-electron chi connectivity index (χ0n) is 10.8. The zero-order valence-corrected chi connectivity index (χ0v) is 12.4.